The van der Waals surface area contributed by atoms with Gasteiger partial charge in [0, 0.05) is 20.1 Å². The Bertz CT molecular complexity index is 264. The van der Waals surface area contributed by atoms with Gasteiger partial charge in [0.25, 0.3) is 0 Å². The zero-order chi connectivity index (χ0) is 12.1. The molecule has 2 fully saturated rings. The van der Waals surface area contributed by atoms with Gasteiger partial charge >= 0.3 is 0 Å². The van der Waals surface area contributed by atoms with Crippen molar-refractivity contribution in [3.8, 4) is 0 Å². The van der Waals surface area contributed by atoms with Crippen LogP contribution in [0.4, 0.5) is 0 Å². The topological polar surface area (TPSA) is 36.4 Å². The number of rotatable bonds is 4. The Kier molecular flexibility index (Phi) is 7.34. The molecule has 2 atom stereocenters. The second-order valence-corrected chi connectivity index (χ2v) is 5.92. The van der Waals surface area contributed by atoms with Crippen molar-refractivity contribution in [3.05, 3.63) is 0 Å². The van der Waals surface area contributed by atoms with E-state index < -0.39 is 0 Å². The zero-order valence-electron chi connectivity index (χ0n) is 11.7. The van der Waals surface area contributed by atoms with Gasteiger partial charge in [-0.15, -0.1) is 24.0 Å². The SMILES string of the molecule is CN=C(NCC1CC1)NCC1CCCC(C)C1.I. The van der Waals surface area contributed by atoms with Crippen LogP contribution in [0.3, 0.4) is 0 Å². The molecule has 0 spiro atoms. The summed E-state index contributed by atoms with van der Waals surface area (Å²) in [5.41, 5.74) is 0. The van der Waals surface area contributed by atoms with E-state index in [4.69, 9.17) is 0 Å². The van der Waals surface area contributed by atoms with Crippen LogP contribution in [0.5, 0.6) is 0 Å². The van der Waals surface area contributed by atoms with Gasteiger partial charge in [0.15, 0.2) is 5.96 Å². The summed E-state index contributed by atoms with van der Waals surface area (Å²) < 4.78 is 0. The maximum absolute atomic E-state index is 4.29. The molecule has 0 radical (unpaired) electrons. The normalized spacial score (nSPS) is 28.4. The highest BCUT2D eigenvalue weighted by molar-refractivity contribution is 14.0. The maximum atomic E-state index is 4.29. The Hall–Kier alpha value is 0. The van der Waals surface area contributed by atoms with E-state index in [-0.39, 0.29) is 24.0 Å². The summed E-state index contributed by atoms with van der Waals surface area (Å²) in [5.74, 6) is 3.66. The molecule has 2 rings (SSSR count). The van der Waals surface area contributed by atoms with Gasteiger partial charge in [0.1, 0.15) is 0 Å². The smallest absolute Gasteiger partial charge is 0.190 e. The fourth-order valence-electron chi connectivity index (χ4n) is 2.77. The molecule has 0 amide bonds. The summed E-state index contributed by atoms with van der Waals surface area (Å²) in [7, 11) is 1.87. The largest absolute Gasteiger partial charge is 0.356 e. The molecular formula is C14H28IN3. The Morgan fingerprint density at radius 1 is 1.06 bits per heavy atom. The molecule has 106 valence electrons. The van der Waals surface area contributed by atoms with E-state index in [2.05, 4.69) is 22.5 Å². The van der Waals surface area contributed by atoms with Crippen molar-refractivity contribution in [2.24, 2.45) is 22.7 Å². The summed E-state index contributed by atoms with van der Waals surface area (Å²) in [4.78, 5) is 4.29. The second kappa shape index (κ2) is 8.23. The van der Waals surface area contributed by atoms with E-state index in [1.54, 1.807) is 0 Å². The molecule has 0 aliphatic heterocycles. The average Bonchev–Trinajstić information content (AvgIpc) is 3.13. The first-order chi connectivity index (χ1) is 8.28. The summed E-state index contributed by atoms with van der Waals surface area (Å²) >= 11 is 0. The third kappa shape index (κ3) is 5.76. The number of aliphatic imine (C=N–C) groups is 1. The maximum Gasteiger partial charge on any atom is 0.190 e. The molecule has 2 unspecified atom stereocenters. The molecule has 3 nitrogen and oxygen atoms in total. The highest BCUT2D eigenvalue weighted by atomic mass is 127. The van der Waals surface area contributed by atoms with Crippen LogP contribution >= 0.6 is 24.0 Å². The Morgan fingerprint density at radius 2 is 1.72 bits per heavy atom. The van der Waals surface area contributed by atoms with Crippen LogP contribution in [0.1, 0.15) is 45.4 Å². The highest BCUT2D eigenvalue weighted by Gasteiger charge is 2.22. The average molecular weight is 365 g/mol. The van der Waals surface area contributed by atoms with E-state index in [1.165, 1.54) is 38.5 Å². The highest BCUT2D eigenvalue weighted by Crippen LogP contribution is 2.28. The Balaban J connectivity index is 0.00000162. The monoisotopic (exact) mass is 365 g/mol. The van der Waals surface area contributed by atoms with Crippen LogP contribution in [-0.2, 0) is 0 Å². The molecule has 0 aromatic heterocycles. The molecule has 2 N–H and O–H groups in total. The molecule has 2 aliphatic rings. The first-order valence-corrected chi connectivity index (χ1v) is 7.22. The first-order valence-electron chi connectivity index (χ1n) is 7.22. The van der Waals surface area contributed by atoms with Gasteiger partial charge in [0.05, 0.1) is 0 Å². The van der Waals surface area contributed by atoms with Crippen LogP contribution in [-0.4, -0.2) is 26.1 Å². The minimum Gasteiger partial charge on any atom is -0.356 e. The standard InChI is InChI=1S/C14H27N3.HI/c1-11-4-3-5-13(8-11)10-17-14(15-2)16-9-12-6-7-12;/h11-13H,3-10H2,1-2H3,(H2,15,16,17);1H. The number of halogens is 1. The van der Waals surface area contributed by atoms with Crippen molar-refractivity contribution in [1.82, 2.24) is 10.6 Å². The predicted molar refractivity (Wildman–Crippen MR) is 88.6 cm³/mol. The molecule has 0 bridgehead atoms. The van der Waals surface area contributed by atoms with Gasteiger partial charge in [0.2, 0.25) is 0 Å². The number of hydrogen-bond donors (Lipinski definition) is 2. The van der Waals surface area contributed by atoms with Gasteiger partial charge in [-0.3, -0.25) is 4.99 Å². The van der Waals surface area contributed by atoms with Gasteiger partial charge in [-0.1, -0.05) is 19.8 Å². The Labute approximate surface area is 129 Å². The quantitative estimate of drug-likeness (QED) is 0.457. The molecule has 0 aromatic rings. The van der Waals surface area contributed by atoms with Crippen LogP contribution in [0.25, 0.3) is 0 Å². The van der Waals surface area contributed by atoms with Crippen molar-refractivity contribution in [2.45, 2.75) is 45.4 Å². The van der Waals surface area contributed by atoms with Crippen molar-refractivity contribution in [1.29, 1.82) is 0 Å². The summed E-state index contributed by atoms with van der Waals surface area (Å²) in [6.45, 7) is 4.57. The molecule has 2 saturated carbocycles. The van der Waals surface area contributed by atoms with E-state index in [9.17, 15) is 0 Å². The molecule has 4 heteroatoms. The number of nitrogens with one attached hydrogen (secondary N) is 2. The Morgan fingerprint density at radius 3 is 2.28 bits per heavy atom. The number of nitrogens with zero attached hydrogens (tertiary/aromatic N) is 1. The van der Waals surface area contributed by atoms with Crippen molar-refractivity contribution in [2.75, 3.05) is 20.1 Å². The van der Waals surface area contributed by atoms with Gasteiger partial charge < -0.3 is 10.6 Å². The lowest BCUT2D eigenvalue weighted by molar-refractivity contribution is 0.282. The minimum atomic E-state index is 0. The van der Waals surface area contributed by atoms with Crippen LogP contribution in [0.2, 0.25) is 0 Å². The lowest BCUT2D eigenvalue weighted by Gasteiger charge is -2.27. The molecule has 0 heterocycles. The number of guanidine groups is 1. The summed E-state index contributed by atoms with van der Waals surface area (Å²) in [5, 5.41) is 6.90. The van der Waals surface area contributed by atoms with Crippen molar-refractivity contribution in [3.63, 3.8) is 0 Å². The van der Waals surface area contributed by atoms with Gasteiger partial charge in [-0.05, 0) is 43.4 Å². The predicted octanol–water partition coefficient (Wildman–Crippen LogP) is 3.01. The van der Waals surface area contributed by atoms with Crippen LogP contribution in [0.15, 0.2) is 4.99 Å². The van der Waals surface area contributed by atoms with E-state index in [0.717, 1.165) is 36.8 Å². The van der Waals surface area contributed by atoms with Gasteiger partial charge in [-0.25, -0.2) is 0 Å². The molecule has 0 aromatic carbocycles. The van der Waals surface area contributed by atoms with E-state index in [1.807, 2.05) is 7.05 Å². The van der Waals surface area contributed by atoms with Crippen molar-refractivity contribution < 1.29 is 0 Å². The molecule has 0 saturated heterocycles. The zero-order valence-corrected chi connectivity index (χ0v) is 14.1. The third-order valence-corrected chi connectivity index (χ3v) is 4.08. The van der Waals surface area contributed by atoms with Gasteiger partial charge in [-0.2, -0.15) is 0 Å². The summed E-state index contributed by atoms with van der Waals surface area (Å²) in [6, 6.07) is 0. The number of hydrogen-bond acceptors (Lipinski definition) is 1. The molecular weight excluding hydrogens is 337 g/mol. The fraction of sp³-hybridized carbons (Fsp3) is 0.929. The lowest BCUT2D eigenvalue weighted by Crippen LogP contribution is -2.41. The van der Waals surface area contributed by atoms with Crippen LogP contribution in [0, 0.1) is 17.8 Å². The lowest BCUT2D eigenvalue weighted by atomic mass is 9.82. The van der Waals surface area contributed by atoms with Crippen LogP contribution < -0.4 is 10.6 Å². The molecule has 18 heavy (non-hydrogen) atoms. The first kappa shape index (κ1) is 16.1. The second-order valence-electron chi connectivity index (χ2n) is 5.92. The van der Waals surface area contributed by atoms with Crippen molar-refractivity contribution >= 4 is 29.9 Å². The fourth-order valence-corrected chi connectivity index (χ4v) is 2.77. The third-order valence-electron chi connectivity index (χ3n) is 4.08. The van der Waals surface area contributed by atoms with E-state index in [0.29, 0.717) is 0 Å². The minimum absolute atomic E-state index is 0. The molecule has 2 aliphatic carbocycles. The summed E-state index contributed by atoms with van der Waals surface area (Å²) in [6.07, 6.45) is 8.38. The van der Waals surface area contributed by atoms with E-state index >= 15 is 0 Å².